The van der Waals surface area contributed by atoms with Crippen LogP contribution in [0.4, 0.5) is 22.0 Å². The van der Waals surface area contributed by atoms with Gasteiger partial charge in [-0.05, 0) is 12.1 Å². The van der Waals surface area contributed by atoms with E-state index < -0.39 is 29.3 Å². The molecule has 0 amide bonds. The first-order valence-corrected chi connectivity index (χ1v) is 3.54. The second-order valence-corrected chi connectivity index (χ2v) is 2.44. The Morgan fingerprint density at radius 2 is 1.80 bits per heavy atom. The highest BCUT2D eigenvalue weighted by Gasteiger charge is 2.33. The first kappa shape index (κ1) is 11.4. The minimum absolute atomic E-state index is 0.251. The van der Waals surface area contributed by atoms with E-state index in [2.05, 4.69) is 4.74 Å². The third kappa shape index (κ3) is 2.64. The molecule has 0 spiro atoms. The fourth-order valence-electron chi connectivity index (χ4n) is 0.872. The van der Waals surface area contributed by atoms with E-state index in [1.54, 1.807) is 0 Å². The highest BCUT2D eigenvalue weighted by molar-refractivity contribution is 5.79. The number of aldehydes is 1. The van der Waals surface area contributed by atoms with Crippen molar-refractivity contribution in [1.82, 2.24) is 0 Å². The first-order valence-electron chi connectivity index (χ1n) is 3.54. The second-order valence-electron chi connectivity index (χ2n) is 2.44. The number of alkyl halides is 3. The Kier molecular flexibility index (Phi) is 2.92. The van der Waals surface area contributed by atoms with Gasteiger partial charge in [0.25, 0.3) is 0 Å². The average Bonchev–Trinajstić information content (AvgIpc) is 2.10. The van der Waals surface area contributed by atoms with Gasteiger partial charge >= 0.3 is 6.36 Å². The molecule has 2 nitrogen and oxygen atoms in total. The van der Waals surface area contributed by atoms with Crippen molar-refractivity contribution < 1.29 is 31.5 Å². The lowest BCUT2D eigenvalue weighted by Crippen LogP contribution is -2.18. The molecule has 0 aliphatic carbocycles. The Morgan fingerprint density at radius 3 is 2.27 bits per heavy atom. The molecule has 82 valence electrons. The Morgan fingerprint density at radius 1 is 1.20 bits per heavy atom. The molecule has 15 heavy (non-hydrogen) atoms. The van der Waals surface area contributed by atoms with E-state index in [0.29, 0.717) is 12.1 Å². The van der Waals surface area contributed by atoms with Crippen LogP contribution in [-0.2, 0) is 0 Å². The summed E-state index contributed by atoms with van der Waals surface area (Å²) in [6, 6.07) is 0.957. The molecule has 0 heterocycles. The van der Waals surface area contributed by atoms with Crippen molar-refractivity contribution in [3.8, 4) is 5.75 Å². The number of rotatable bonds is 2. The second kappa shape index (κ2) is 3.84. The average molecular weight is 226 g/mol. The molecule has 0 aliphatic heterocycles. The summed E-state index contributed by atoms with van der Waals surface area (Å²) in [4.78, 5) is 10.2. The highest BCUT2D eigenvalue weighted by Crippen LogP contribution is 2.27. The molecule has 7 heteroatoms. The number of hydrogen-bond donors (Lipinski definition) is 0. The van der Waals surface area contributed by atoms with Crippen LogP contribution in [0, 0.1) is 11.6 Å². The lowest BCUT2D eigenvalue weighted by atomic mass is 10.2. The number of carbonyl (C=O) groups is 1. The van der Waals surface area contributed by atoms with Crippen molar-refractivity contribution in [1.29, 1.82) is 0 Å². The van der Waals surface area contributed by atoms with Crippen LogP contribution in [0.3, 0.4) is 0 Å². The summed E-state index contributed by atoms with van der Waals surface area (Å²) in [6.45, 7) is 0. The lowest BCUT2D eigenvalue weighted by molar-refractivity contribution is -0.274. The zero-order valence-corrected chi connectivity index (χ0v) is 6.94. The fraction of sp³-hybridized carbons (Fsp3) is 0.125. The van der Waals surface area contributed by atoms with E-state index in [0.717, 1.165) is 0 Å². The zero-order valence-electron chi connectivity index (χ0n) is 6.94. The van der Waals surface area contributed by atoms with E-state index in [9.17, 15) is 26.7 Å². The maximum Gasteiger partial charge on any atom is 0.573 e. The van der Waals surface area contributed by atoms with Gasteiger partial charge in [0.1, 0.15) is 5.75 Å². The standard InChI is InChI=1S/C8H3F5O2/c9-5-1-2-6(15-8(11,12)13)4(3-14)7(5)10/h1-3H. The molecular formula is C8H3F5O2. The van der Waals surface area contributed by atoms with Gasteiger partial charge in [-0.2, -0.15) is 0 Å². The molecule has 0 saturated carbocycles. The fourth-order valence-corrected chi connectivity index (χ4v) is 0.872. The van der Waals surface area contributed by atoms with Crippen LogP contribution in [0.15, 0.2) is 12.1 Å². The van der Waals surface area contributed by atoms with Gasteiger partial charge < -0.3 is 4.74 Å². The molecule has 0 radical (unpaired) electrons. The van der Waals surface area contributed by atoms with Crippen LogP contribution in [0.25, 0.3) is 0 Å². The minimum Gasteiger partial charge on any atom is -0.405 e. The summed E-state index contributed by atoms with van der Waals surface area (Å²) in [7, 11) is 0. The summed E-state index contributed by atoms with van der Waals surface area (Å²) in [5.74, 6) is -4.17. The Labute approximate surface area is 80.3 Å². The minimum atomic E-state index is -5.07. The summed E-state index contributed by atoms with van der Waals surface area (Å²) in [5.41, 5.74) is -1.10. The molecule has 0 atom stereocenters. The van der Waals surface area contributed by atoms with Gasteiger partial charge in [0, 0.05) is 0 Å². The molecule has 0 unspecified atom stereocenters. The van der Waals surface area contributed by atoms with Crippen LogP contribution >= 0.6 is 0 Å². The van der Waals surface area contributed by atoms with Gasteiger partial charge in [-0.3, -0.25) is 4.79 Å². The summed E-state index contributed by atoms with van der Waals surface area (Å²) in [5, 5.41) is 0. The number of benzene rings is 1. The number of hydrogen-bond acceptors (Lipinski definition) is 2. The number of halogens is 5. The van der Waals surface area contributed by atoms with Crippen molar-refractivity contribution in [2.75, 3.05) is 0 Å². The molecule has 0 aromatic heterocycles. The van der Waals surface area contributed by atoms with Crippen LogP contribution < -0.4 is 4.74 Å². The van der Waals surface area contributed by atoms with Gasteiger partial charge in [0.15, 0.2) is 17.9 Å². The Bertz CT molecular complexity index is 385. The maximum absolute atomic E-state index is 12.8. The molecule has 0 aliphatic rings. The van der Waals surface area contributed by atoms with E-state index in [1.807, 2.05) is 0 Å². The number of ether oxygens (including phenoxy) is 1. The van der Waals surface area contributed by atoms with Gasteiger partial charge in [0.2, 0.25) is 0 Å². The monoisotopic (exact) mass is 226 g/mol. The summed E-state index contributed by atoms with van der Waals surface area (Å²) in [6.07, 6.45) is -5.32. The molecular weight excluding hydrogens is 223 g/mol. The summed E-state index contributed by atoms with van der Waals surface area (Å²) < 4.78 is 63.8. The SMILES string of the molecule is O=Cc1c(OC(F)(F)F)ccc(F)c1F. The molecule has 1 aromatic rings. The normalized spacial score (nSPS) is 11.3. The van der Waals surface area contributed by atoms with Gasteiger partial charge in [-0.25, -0.2) is 8.78 Å². The third-order valence-electron chi connectivity index (χ3n) is 1.44. The van der Waals surface area contributed by atoms with E-state index in [4.69, 9.17) is 0 Å². The highest BCUT2D eigenvalue weighted by atomic mass is 19.4. The molecule has 0 N–H and O–H groups in total. The topological polar surface area (TPSA) is 26.3 Å². The zero-order chi connectivity index (χ0) is 11.6. The van der Waals surface area contributed by atoms with E-state index in [1.165, 1.54) is 0 Å². The van der Waals surface area contributed by atoms with Crippen LogP contribution in [0.5, 0.6) is 5.75 Å². The molecule has 0 fully saturated rings. The van der Waals surface area contributed by atoms with Gasteiger partial charge in [-0.15, -0.1) is 13.2 Å². The van der Waals surface area contributed by atoms with E-state index >= 15 is 0 Å². The first-order chi connectivity index (χ1) is 6.85. The molecule has 1 rings (SSSR count). The predicted molar refractivity (Wildman–Crippen MR) is 38.4 cm³/mol. The number of carbonyl (C=O) groups excluding carboxylic acids is 1. The lowest BCUT2D eigenvalue weighted by Gasteiger charge is -2.10. The van der Waals surface area contributed by atoms with Crippen LogP contribution in [0.2, 0.25) is 0 Å². The maximum atomic E-state index is 12.8. The summed E-state index contributed by atoms with van der Waals surface area (Å²) >= 11 is 0. The Hall–Kier alpha value is -1.66. The van der Waals surface area contributed by atoms with Crippen LogP contribution in [0.1, 0.15) is 10.4 Å². The van der Waals surface area contributed by atoms with Crippen molar-refractivity contribution >= 4 is 6.29 Å². The quantitative estimate of drug-likeness (QED) is 0.572. The van der Waals surface area contributed by atoms with Crippen molar-refractivity contribution in [2.45, 2.75) is 6.36 Å². The largest absolute Gasteiger partial charge is 0.573 e. The smallest absolute Gasteiger partial charge is 0.405 e. The molecule has 0 bridgehead atoms. The van der Waals surface area contributed by atoms with Gasteiger partial charge in [0.05, 0.1) is 5.56 Å². The predicted octanol–water partition coefficient (Wildman–Crippen LogP) is 2.68. The van der Waals surface area contributed by atoms with Crippen LogP contribution in [-0.4, -0.2) is 12.6 Å². The van der Waals surface area contributed by atoms with Crippen molar-refractivity contribution in [2.24, 2.45) is 0 Å². The molecule has 1 aromatic carbocycles. The van der Waals surface area contributed by atoms with Crippen molar-refractivity contribution in [3.05, 3.63) is 29.3 Å². The van der Waals surface area contributed by atoms with Crippen molar-refractivity contribution in [3.63, 3.8) is 0 Å². The third-order valence-corrected chi connectivity index (χ3v) is 1.44. The Balaban J connectivity index is 3.19. The van der Waals surface area contributed by atoms with Gasteiger partial charge in [-0.1, -0.05) is 0 Å². The molecule has 0 saturated heterocycles. The van der Waals surface area contributed by atoms with E-state index in [-0.39, 0.29) is 6.29 Å².